The van der Waals surface area contributed by atoms with E-state index < -0.39 is 0 Å². The van der Waals surface area contributed by atoms with Crippen molar-refractivity contribution in [2.75, 3.05) is 32.8 Å². The van der Waals surface area contributed by atoms with E-state index in [-0.39, 0.29) is 11.8 Å². The SMILES string of the molecule is O=C(NCc1nnc2n1CCN(C/C=C/c1ccco1)CC2)[C@@H]1CCOC1. The number of carbonyl (C=O) groups excluding carboxylic acids is 1. The zero-order chi connectivity index (χ0) is 18.5. The minimum absolute atomic E-state index is 0.0343. The molecule has 4 rings (SSSR count). The van der Waals surface area contributed by atoms with Crippen molar-refractivity contribution < 1.29 is 13.9 Å². The quantitative estimate of drug-likeness (QED) is 0.818. The Kier molecular flexibility index (Phi) is 5.64. The topological polar surface area (TPSA) is 85.4 Å². The number of nitrogens with one attached hydrogen (secondary N) is 1. The van der Waals surface area contributed by atoms with Crippen molar-refractivity contribution in [2.45, 2.75) is 25.9 Å². The van der Waals surface area contributed by atoms with Gasteiger partial charge in [-0.2, -0.15) is 0 Å². The Morgan fingerprint density at radius 2 is 2.30 bits per heavy atom. The molecule has 1 atom stereocenters. The second kappa shape index (κ2) is 8.49. The van der Waals surface area contributed by atoms with E-state index in [1.807, 2.05) is 18.2 Å². The average molecular weight is 371 g/mol. The molecule has 0 aromatic carbocycles. The van der Waals surface area contributed by atoms with Crippen molar-refractivity contribution in [3.05, 3.63) is 41.9 Å². The van der Waals surface area contributed by atoms with E-state index in [1.54, 1.807) is 6.26 Å². The third-order valence-corrected chi connectivity index (χ3v) is 5.11. The van der Waals surface area contributed by atoms with Crippen molar-refractivity contribution >= 4 is 12.0 Å². The molecule has 2 aromatic heterocycles. The van der Waals surface area contributed by atoms with Crippen molar-refractivity contribution in [2.24, 2.45) is 5.92 Å². The predicted octanol–water partition coefficient (Wildman–Crippen LogP) is 1.10. The molecule has 2 aromatic rings. The van der Waals surface area contributed by atoms with Gasteiger partial charge >= 0.3 is 0 Å². The number of hydrogen-bond donors (Lipinski definition) is 1. The van der Waals surface area contributed by atoms with Crippen LogP contribution in [0.4, 0.5) is 0 Å². The number of nitrogens with zero attached hydrogens (tertiary/aromatic N) is 4. The van der Waals surface area contributed by atoms with E-state index in [2.05, 4.69) is 31.1 Å². The summed E-state index contributed by atoms with van der Waals surface area (Å²) in [7, 11) is 0. The zero-order valence-corrected chi connectivity index (χ0v) is 15.3. The molecule has 2 aliphatic rings. The summed E-state index contributed by atoms with van der Waals surface area (Å²) in [5, 5.41) is 11.6. The number of rotatable bonds is 6. The first-order valence-electron chi connectivity index (χ1n) is 9.48. The third-order valence-electron chi connectivity index (χ3n) is 5.11. The maximum atomic E-state index is 12.2. The molecule has 0 aliphatic carbocycles. The number of furan rings is 1. The van der Waals surface area contributed by atoms with E-state index in [1.165, 1.54) is 0 Å². The summed E-state index contributed by atoms with van der Waals surface area (Å²) < 4.78 is 12.7. The van der Waals surface area contributed by atoms with E-state index in [0.29, 0.717) is 19.8 Å². The maximum Gasteiger partial charge on any atom is 0.225 e. The van der Waals surface area contributed by atoms with Crippen LogP contribution >= 0.6 is 0 Å². The van der Waals surface area contributed by atoms with Gasteiger partial charge in [0, 0.05) is 39.2 Å². The number of ether oxygens (including phenoxy) is 1. The summed E-state index contributed by atoms with van der Waals surface area (Å²) in [5.74, 6) is 2.69. The second-order valence-electron chi connectivity index (χ2n) is 6.93. The van der Waals surface area contributed by atoms with Gasteiger partial charge in [-0.3, -0.25) is 9.69 Å². The van der Waals surface area contributed by atoms with Gasteiger partial charge in [-0.05, 0) is 24.6 Å². The fourth-order valence-corrected chi connectivity index (χ4v) is 3.50. The summed E-state index contributed by atoms with van der Waals surface area (Å²) in [5.41, 5.74) is 0. The Hall–Kier alpha value is -2.45. The lowest BCUT2D eigenvalue weighted by Gasteiger charge is -2.17. The van der Waals surface area contributed by atoms with Crippen LogP contribution in [0.15, 0.2) is 28.9 Å². The fourth-order valence-electron chi connectivity index (χ4n) is 3.50. The largest absolute Gasteiger partial charge is 0.465 e. The van der Waals surface area contributed by atoms with Crippen LogP contribution in [-0.2, 0) is 29.0 Å². The van der Waals surface area contributed by atoms with Gasteiger partial charge in [0.1, 0.15) is 11.6 Å². The Morgan fingerprint density at radius 3 is 3.11 bits per heavy atom. The van der Waals surface area contributed by atoms with Crippen LogP contribution in [0.2, 0.25) is 0 Å². The fraction of sp³-hybridized carbons (Fsp3) is 0.526. The minimum Gasteiger partial charge on any atom is -0.465 e. The van der Waals surface area contributed by atoms with E-state index in [4.69, 9.17) is 9.15 Å². The number of fused-ring (bicyclic) bond motifs is 1. The molecule has 1 amide bonds. The van der Waals surface area contributed by atoms with Crippen LogP contribution in [0.25, 0.3) is 6.08 Å². The molecular formula is C19H25N5O3. The smallest absolute Gasteiger partial charge is 0.225 e. The van der Waals surface area contributed by atoms with Gasteiger partial charge in [0.05, 0.1) is 25.3 Å². The highest BCUT2D eigenvalue weighted by Gasteiger charge is 2.24. The summed E-state index contributed by atoms with van der Waals surface area (Å²) in [6.45, 7) is 5.16. The summed E-state index contributed by atoms with van der Waals surface area (Å²) in [6, 6.07) is 3.83. The number of hydrogen-bond acceptors (Lipinski definition) is 6. The molecule has 8 nitrogen and oxygen atoms in total. The van der Waals surface area contributed by atoms with Gasteiger partial charge in [-0.1, -0.05) is 6.08 Å². The molecule has 1 fully saturated rings. The Labute approximate surface area is 158 Å². The molecule has 0 saturated carbocycles. The van der Waals surface area contributed by atoms with E-state index in [9.17, 15) is 4.79 Å². The lowest BCUT2D eigenvalue weighted by atomic mass is 10.1. The summed E-state index contributed by atoms with van der Waals surface area (Å²) >= 11 is 0. The highest BCUT2D eigenvalue weighted by molar-refractivity contribution is 5.78. The Bertz CT molecular complexity index is 777. The number of aromatic nitrogens is 3. The van der Waals surface area contributed by atoms with Crippen molar-refractivity contribution in [1.82, 2.24) is 25.0 Å². The van der Waals surface area contributed by atoms with Gasteiger partial charge in [0.2, 0.25) is 5.91 Å². The molecule has 1 N–H and O–H groups in total. The molecule has 2 aliphatic heterocycles. The summed E-state index contributed by atoms with van der Waals surface area (Å²) in [4.78, 5) is 14.6. The molecule has 8 heteroatoms. The highest BCUT2D eigenvalue weighted by atomic mass is 16.5. The lowest BCUT2D eigenvalue weighted by molar-refractivity contribution is -0.125. The van der Waals surface area contributed by atoms with E-state index in [0.717, 1.165) is 56.4 Å². The molecule has 0 bridgehead atoms. The highest BCUT2D eigenvalue weighted by Crippen LogP contribution is 2.13. The third kappa shape index (κ3) is 4.45. The number of carbonyl (C=O) groups is 1. The van der Waals surface area contributed by atoms with Crippen LogP contribution in [0.1, 0.15) is 23.8 Å². The van der Waals surface area contributed by atoms with Crippen LogP contribution < -0.4 is 5.32 Å². The first kappa shape index (κ1) is 17.9. The van der Waals surface area contributed by atoms with Crippen LogP contribution in [0.3, 0.4) is 0 Å². The van der Waals surface area contributed by atoms with Crippen LogP contribution in [-0.4, -0.2) is 58.4 Å². The van der Waals surface area contributed by atoms with Gasteiger partial charge in [-0.15, -0.1) is 10.2 Å². The van der Waals surface area contributed by atoms with Gasteiger partial charge < -0.3 is 19.0 Å². The monoisotopic (exact) mass is 371 g/mol. The first-order valence-corrected chi connectivity index (χ1v) is 9.48. The molecule has 144 valence electrons. The second-order valence-corrected chi connectivity index (χ2v) is 6.93. The molecule has 0 spiro atoms. The van der Waals surface area contributed by atoms with Gasteiger partial charge in [-0.25, -0.2) is 0 Å². The molecule has 1 saturated heterocycles. The molecular weight excluding hydrogens is 346 g/mol. The van der Waals surface area contributed by atoms with Gasteiger partial charge in [0.15, 0.2) is 5.82 Å². The summed E-state index contributed by atoms with van der Waals surface area (Å²) in [6.07, 6.45) is 7.45. The van der Waals surface area contributed by atoms with Crippen molar-refractivity contribution in [3.8, 4) is 0 Å². The standard InChI is InChI=1S/C19H25N5O3/c25-19(15-6-12-26-14-15)20-13-18-22-21-17-5-8-23(9-10-24(17)18)7-1-3-16-4-2-11-27-16/h1-4,11,15H,5-10,12-14H2,(H,20,25)/b3-1+/t15-/m1/s1. The van der Waals surface area contributed by atoms with E-state index >= 15 is 0 Å². The average Bonchev–Trinajstić information content (AvgIpc) is 3.42. The van der Waals surface area contributed by atoms with Crippen LogP contribution in [0, 0.1) is 5.92 Å². The van der Waals surface area contributed by atoms with Crippen molar-refractivity contribution in [3.63, 3.8) is 0 Å². The first-order chi connectivity index (χ1) is 13.3. The zero-order valence-electron chi connectivity index (χ0n) is 15.3. The normalized spacial score (nSPS) is 20.7. The van der Waals surface area contributed by atoms with Gasteiger partial charge in [0.25, 0.3) is 0 Å². The minimum atomic E-state index is -0.0343. The Balaban J connectivity index is 1.29. The Morgan fingerprint density at radius 1 is 1.33 bits per heavy atom. The molecule has 0 radical (unpaired) electrons. The molecule has 4 heterocycles. The molecule has 0 unspecified atom stereocenters. The lowest BCUT2D eigenvalue weighted by Crippen LogP contribution is -2.32. The maximum absolute atomic E-state index is 12.2. The van der Waals surface area contributed by atoms with Crippen molar-refractivity contribution in [1.29, 1.82) is 0 Å². The number of amides is 1. The predicted molar refractivity (Wildman–Crippen MR) is 98.7 cm³/mol. The molecule has 27 heavy (non-hydrogen) atoms. The van der Waals surface area contributed by atoms with Crippen LogP contribution in [0.5, 0.6) is 0 Å².